The average Bonchev–Trinajstić information content (AvgIpc) is 3.07. The Morgan fingerprint density at radius 3 is 2.39 bits per heavy atom. The summed E-state index contributed by atoms with van der Waals surface area (Å²) in [4.78, 5) is 17.1. The van der Waals surface area contributed by atoms with Crippen LogP contribution in [0.15, 0.2) is 17.1 Å². The fourth-order valence-electron chi connectivity index (χ4n) is 4.09. The molecule has 31 heavy (non-hydrogen) atoms. The van der Waals surface area contributed by atoms with Gasteiger partial charge in [0.2, 0.25) is 5.78 Å². The van der Waals surface area contributed by atoms with E-state index in [2.05, 4.69) is 24.1 Å². The Kier molecular flexibility index (Phi) is 13.4. The van der Waals surface area contributed by atoms with E-state index in [9.17, 15) is 23.4 Å². The summed E-state index contributed by atoms with van der Waals surface area (Å²) in [7, 11) is -4.33. The highest BCUT2D eigenvalue weighted by Crippen LogP contribution is 2.20. The van der Waals surface area contributed by atoms with E-state index < -0.39 is 22.0 Å². The fraction of sp³-hybridized carbons (Fsp3) is 0.818. The van der Waals surface area contributed by atoms with Crippen molar-refractivity contribution in [2.45, 2.75) is 77.2 Å². The number of Topliss-reactive ketones (excluding diaryl/α,β-unsaturated/α-hetero) is 1. The van der Waals surface area contributed by atoms with Gasteiger partial charge in [-0.05, 0) is 32.1 Å². The molecule has 0 radical (unpaired) electrons. The van der Waals surface area contributed by atoms with Crippen molar-refractivity contribution in [1.29, 1.82) is 0 Å². The molecule has 3 N–H and O–H groups in total. The summed E-state index contributed by atoms with van der Waals surface area (Å²) >= 11 is 0. The summed E-state index contributed by atoms with van der Waals surface area (Å²) < 4.78 is 31.1. The van der Waals surface area contributed by atoms with Gasteiger partial charge in [-0.3, -0.25) is 13.8 Å². The predicted molar refractivity (Wildman–Crippen MR) is 123 cm³/mol. The van der Waals surface area contributed by atoms with Crippen molar-refractivity contribution in [1.82, 2.24) is 0 Å². The Morgan fingerprint density at radius 2 is 1.77 bits per heavy atom. The van der Waals surface area contributed by atoms with E-state index >= 15 is 0 Å². The maximum atomic E-state index is 12.8. The van der Waals surface area contributed by atoms with Gasteiger partial charge in [0.25, 0.3) is 16.0 Å². The number of quaternary nitrogens is 1. The van der Waals surface area contributed by atoms with E-state index in [1.807, 2.05) is 0 Å². The summed E-state index contributed by atoms with van der Waals surface area (Å²) in [5.74, 6) is -0.605. The standard InChI is InChI=1S/C22H40N2O6S/c1-2-3-4-5-6-7-8-9-10-11-12-13-21(27)22-23-14-15-24(22,16-17-25)18-20(26)19-31(28,29)30/h6-7,20,25-26H,2-5,8-19H2,1H3/p+1/b7-6+. The maximum absolute atomic E-state index is 12.8. The molecular formula is C22H41N2O6S+. The molecule has 1 aliphatic heterocycles. The van der Waals surface area contributed by atoms with Gasteiger partial charge in [0.05, 0.1) is 13.2 Å². The van der Waals surface area contributed by atoms with Crippen LogP contribution in [0.3, 0.4) is 0 Å². The predicted octanol–water partition coefficient (Wildman–Crippen LogP) is 2.50. The lowest BCUT2D eigenvalue weighted by Crippen LogP contribution is -2.59. The van der Waals surface area contributed by atoms with Crippen LogP contribution in [0, 0.1) is 0 Å². The van der Waals surface area contributed by atoms with Crippen molar-refractivity contribution < 1.29 is 32.5 Å². The Labute approximate surface area is 187 Å². The monoisotopic (exact) mass is 461 g/mol. The summed E-state index contributed by atoms with van der Waals surface area (Å²) in [6.45, 7) is 2.91. The lowest BCUT2D eigenvalue weighted by Gasteiger charge is -2.34. The number of carbonyl (C=O) groups is 1. The molecule has 0 bridgehead atoms. The SMILES string of the molecule is CCCCC/C=C/CCCCCCC(=O)C1=NCC[N+]1(CCO)CC(O)CS(=O)(=O)O. The molecule has 0 spiro atoms. The van der Waals surface area contributed by atoms with Crippen molar-refractivity contribution in [2.75, 3.05) is 38.5 Å². The average molecular weight is 462 g/mol. The molecule has 1 heterocycles. The molecule has 9 heteroatoms. The second kappa shape index (κ2) is 14.8. The zero-order chi connectivity index (χ0) is 23.2. The first kappa shape index (κ1) is 27.9. The second-order valence-electron chi connectivity index (χ2n) is 8.45. The molecule has 1 aliphatic rings. The van der Waals surface area contributed by atoms with Crippen molar-refractivity contribution >= 4 is 21.7 Å². The minimum Gasteiger partial charge on any atom is -0.390 e. The van der Waals surface area contributed by atoms with Crippen LogP contribution in [0.1, 0.15) is 71.1 Å². The fourth-order valence-corrected chi connectivity index (χ4v) is 4.69. The third-order valence-corrected chi connectivity index (χ3v) is 6.45. The molecule has 0 saturated carbocycles. The molecule has 0 fully saturated rings. The van der Waals surface area contributed by atoms with Crippen LogP contribution < -0.4 is 0 Å². The first-order valence-corrected chi connectivity index (χ1v) is 13.2. The van der Waals surface area contributed by atoms with E-state index in [0.29, 0.717) is 25.3 Å². The zero-order valence-corrected chi connectivity index (χ0v) is 19.7. The van der Waals surface area contributed by atoms with Crippen LogP contribution in [-0.2, 0) is 14.9 Å². The number of rotatable bonds is 18. The molecule has 8 nitrogen and oxygen atoms in total. The van der Waals surface area contributed by atoms with Gasteiger partial charge in [0.15, 0.2) is 0 Å². The lowest BCUT2D eigenvalue weighted by molar-refractivity contribution is -0.837. The Bertz CT molecular complexity index is 692. The van der Waals surface area contributed by atoms with Gasteiger partial charge in [-0.1, -0.05) is 44.8 Å². The number of aliphatic hydroxyl groups excluding tert-OH is 2. The van der Waals surface area contributed by atoms with E-state index in [1.54, 1.807) is 0 Å². The number of hydrogen-bond acceptors (Lipinski definition) is 6. The molecule has 2 atom stereocenters. The number of hydrogen-bond donors (Lipinski definition) is 3. The van der Waals surface area contributed by atoms with Crippen molar-refractivity contribution in [2.24, 2.45) is 4.99 Å². The molecule has 180 valence electrons. The number of aliphatic hydroxyl groups is 2. The van der Waals surface area contributed by atoms with Crippen molar-refractivity contribution in [3.05, 3.63) is 12.2 Å². The summed E-state index contributed by atoms with van der Waals surface area (Å²) in [5, 5.41) is 19.6. The molecule has 0 saturated heterocycles. The van der Waals surface area contributed by atoms with Crippen LogP contribution in [0.25, 0.3) is 0 Å². The molecule has 0 aromatic heterocycles. The van der Waals surface area contributed by atoms with Crippen molar-refractivity contribution in [3.63, 3.8) is 0 Å². The van der Waals surface area contributed by atoms with Gasteiger partial charge in [0.1, 0.15) is 31.5 Å². The molecular weight excluding hydrogens is 420 g/mol. The van der Waals surface area contributed by atoms with Crippen LogP contribution in [0.4, 0.5) is 0 Å². The van der Waals surface area contributed by atoms with Crippen LogP contribution in [0.5, 0.6) is 0 Å². The molecule has 0 aliphatic carbocycles. The van der Waals surface area contributed by atoms with Gasteiger partial charge in [-0.25, -0.2) is 4.99 Å². The minimum atomic E-state index is -4.33. The highest BCUT2D eigenvalue weighted by Gasteiger charge is 2.43. The maximum Gasteiger partial charge on any atom is 0.267 e. The Hall–Kier alpha value is -1.13. The van der Waals surface area contributed by atoms with E-state index in [1.165, 1.54) is 19.3 Å². The third-order valence-electron chi connectivity index (χ3n) is 5.65. The molecule has 0 aromatic rings. The van der Waals surface area contributed by atoms with Gasteiger partial charge in [0, 0.05) is 6.42 Å². The Morgan fingerprint density at radius 1 is 1.13 bits per heavy atom. The van der Waals surface area contributed by atoms with Crippen molar-refractivity contribution in [3.8, 4) is 0 Å². The zero-order valence-electron chi connectivity index (χ0n) is 18.9. The first-order valence-electron chi connectivity index (χ1n) is 11.6. The molecule has 2 unspecified atom stereocenters. The number of amidine groups is 1. The number of ketones is 1. The third kappa shape index (κ3) is 11.3. The summed E-state index contributed by atoms with van der Waals surface area (Å²) in [5.41, 5.74) is 0. The van der Waals surface area contributed by atoms with Crippen LogP contribution in [-0.4, -0.2) is 83.9 Å². The topological polar surface area (TPSA) is 124 Å². The number of unbranched alkanes of at least 4 members (excludes halogenated alkanes) is 7. The van der Waals surface area contributed by atoms with Crippen LogP contribution >= 0.6 is 0 Å². The smallest absolute Gasteiger partial charge is 0.267 e. The van der Waals surface area contributed by atoms with Gasteiger partial charge >= 0.3 is 0 Å². The Balaban J connectivity index is 2.42. The van der Waals surface area contributed by atoms with Crippen LogP contribution in [0.2, 0.25) is 0 Å². The number of nitrogens with zero attached hydrogens (tertiary/aromatic N) is 2. The second-order valence-corrected chi connectivity index (χ2v) is 9.95. The number of aliphatic imine (C=N–C) groups is 1. The molecule has 0 amide bonds. The van der Waals surface area contributed by atoms with E-state index in [-0.39, 0.29) is 30.0 Å². The highest BCUT2D eigenvalue weighted by atomic mass is 32.2. The minimum absolute atomic E-state index is 0.0329. The highest BCUT2D eigenvalue weighted by molar-refractivity contribution is 7.85. The molecule has 1 rings (SSSR count). The van der Waals surface area contributed by atoms with Gasteiger partial charge in [-0.15, -0.1) is 0 Å². The normalized spacial score (nSPS) is 20.3. The van der Waals surface area contributed by atoms with Gasteiger partial charge in [-0.2, -0.15) is 8.42 Å². The van der Waals surface area contributed by atoms with E-state index in [4.69, 9.17) is 4.55 Å². The first-order chi connectivity index (χ1) is 14.7. The summed E-state index contributed by atoms with van der Waals surface area (Å²) in [6.07, 6.45) is 13.4. The number of allylic oxidation sites excluding steroid dienone is 2. The molecule has 0 aromatic carbocycles. The summed E-state index contributed by atoms with van der Waals surface area (Å²) in [6, 6.07) is 0. The number of carbonyl (C=O) groups excluding carboxylic acids is 1. The van der Waals surface area contributed by atoms with E-state index in [0.717, 1.165) is 38.5 Å². The quantitative estimate of drug-likeness (QED) is 0.125. The van der Waals surface area contributed by atoms with Gasteiger partial charge < -0.3 is 10.2 Å². The lowest BCUT2D eigenvalue weighted by atomic mass is 10.1. The largest absolute Gasteiger partial charge is 0.390 e.